The Labute approximate surface area is 124 Å². The monoisotopic (exact) mass is 300 g/mol. The van der Waals surface area contributed by atoms with E-state index in [0.717, 1.165) is 25.1 Å². The van der Waals surface area contributed by atoms with Crippen LogP contribution in [0.15, 0.2) is 0 Å². The maximum absolute atomic E-state index is 12.4. The molecule has 1 saturated carbocycles. The predicted octanol–water partition coefficient (Wildman–Crippen LogP) is 2.17. The Morgan fingerprint density at radius 3 is 2.80 bits per heavy atom. The van der Waals surface area contributed by atoms with Crippen molar-refractivity contribution in [1.29, 1.82) is 0 Å². The zero-order valence-electron chi connectivity index (χ0n) is 12.0. The molecule has 1 heterocycles. The number of carbonyl (C=O) groups excluding carboxylic acids is 1. The molecule has 2 N–H and O–H groups in total. The molecule has 0 radical (unpaired) electrons. The number of aliphatic carboxylic acids is 1. The minimum atomic E-state index is -0.938. The molecule has 2 aliphatic rings. The fraction of sp³-hybridized carbons (Fsp3) is 0.857. The van der Waals surface area contributed by atoms with Crippen LogP contribution in [0, 0.1) is 5.92 Å². The highest BCUT2D eigenvalue weighted by molar-refractivity contribution is 7.98. The van der Waals surface area contributed by atoms with Crippen LogP contribution >= 0.6 is 11.8 Å². The first-order valence-electron chi connectivity index (χ1n) is 7.42. The lowest BCUT2D eigenvalue weighted by Crippen LogP contribution is -2.54. The average molecular weight is 300 g/mol. The van der Waals surface area contributed by atoms with Gasteiger partial charge in [0.1, 0.15) is 6.04 Å². The van der Waals surface area contributed by atoms with Crippen molar-refractivity contribution in [2.24, 2.45) is 5.92 Å². The molecule has 3 atom stereocenters. The van der Waals surface area contributed by atoms with Crippen molar-refractivity contribution < 1.29 is 14.7 Å². The number of nitrogens with zero attached hydrogens (tertiary/aromatic N) is 1. The topological polar surface area (TPSA) is 69.6 Å². The van der Waals surface area contributed by atoms with E-state index in [0.29, 0.717) is 18.4 Å². The molecule has 2 amide bonds. The molecule has 5 nitrogen and oxygen atoms in total. The number of carboxylic acid groups (broad SMARTS) is 1. The van der Waals surface area contributed by atoms with E-state index in [1.807, 2.05) is 11.2 Å². The Hall–Kier alpha value is -0.910. The maximum atomic E-state index is 12.4. The van der Waals surface area contributed by atoms with Gasteiger partial charge in [0.15, 0.2) is 0 Å². The average Bonchev–Trinajstić information content (AvgIpc) is 2.90. The Balaban J connectivity index is 1.93. The van der Waals surface area contributed by atoms with Gasteiger partial charge in [-0.3, -0.25) is 0 Å². The first-order valence-corrected chi connectivity index (χ1v) is 8.81. The summed E-state index contributed by atoms with van der Waals surface area (Å²) in [7, 11) is 0. The molecule has 20 heavy (non-hydrogen) atoms. The Kier molecular flexibility index (Phi) is 5.57. The van der Waals surface area contributed by atoms with Gasteiger partial charge in [0.05, 0.1) is 0 Å². The van der Waals surface area contributed by atoms with Crippen molar-refractivity contribution >= 4 is 23.8 Å². The minimum absolute atomic E-state index is 0.185. The molecule has 2 rings (SSSR count). The summed E-state index contributed by atoms with van der Waals surface area (Å²) in [5.74, 6) is 0.430. The molecule has 0 aromatic rings. The summed E-state index contributed by atoms with van der Waals surface area (Å²) in [6.07, 6.45) is 8.14. The third-order valence-corrected chi connectivity index (χ3v) is 5.10. The highest BCUT2D eigenvalue weighted by Gasteiger charge is 2.38. The number of piperidine rings is 1. The van der Waals surface area contributed by atoms with E-state index >= 15 is 0 Å². The van der Waals surface area contributed by atoms with Gasteiger partial charge in [0.2, 0.25) is 0 Å². The van der Waals surface area contributed by atoms with Crippen molar-refractivity contribution in [3.8, 4) is 0 Å². The van der Waals surface area contributed by atoms with Crippen LogP contribution in [0.1, 0.15) is 38.5 Å². The quantitative estimate of drug-likeness (QED) is 0.816. The number of urea groups is 1. The van der Waals surface area contributed by atoms with Crippen LogP contribution < -0.4 is 5.32 Å². The van der Waals surface area contributed by atoms with Crippen molar-refractivity contribution in [2.75, 3.05) is 18.6 Å². The van der Waals surface area contributed by atoms with Crippen molar-refractivity contribution in [3.63, 3.8) is 0 Å². The lowest BCUT2D eigenvalue weighted by atomic mass is 9.92. The fourth-order valence-electron chi connectivity index (χ4n) is 3.43. The number of hydrogen-bond donors (Lipinski definition) is 2. The van der Waals surface area contributed by atoms with Crippen LogP contribution in [-0.2, 0) is 4.79 Å². The number of fused-ring (bicyclic) bond motifs is 1. The number of hydrogen-bond acceptors (Lipinski definition) is 3. The molecule has 2 fully saturated rings. The second-order valence-electron chi connectivity index (χ2n) is 5.72. The van der Waals surface area contributed by atoms with Crippen molar-refractivity contribution in [3.05, 3.63) is 0 Å². The van der Waals surface area contributed by atoms with Crippen LogP contribution in [-0.4, -0.2) is 52.6 Å². The van der Waals surface area contributed by atoms with Crippen LogP contribution in [0.3, 0.4) is 0 Å². The summed E-state index contributed by atoms with van der Waals surface area (Å²) in [5, 5.41) is 11.9. The summed E-state index contributed by atoms with van der Waals surface area (Å²) in [4.78, 5) is 25.5. The van der Waals surface area contributed by atoms with Gasteiger partial charge >= 0.3 is 12.0 Å². The molecule has 2 unspecified atom stereocenters. The summed E-state index contributed by atoms with van der Waals surface area (Å²) in [6, 6.07) is -0.620. The maximum Gasteiger partial charge on any atom is 0.326 e. The molecular formula is C14H24N2O3S. The Morgan fingerprint density at radius 1 is 1.35 bits per heavy atom. The third kappa shape index (κ3) is 3.59. The molecule has 1 saturated heterocycles. The van der Waals surface area contributed by atoms with Gasteiger partial charge in [-0.05, 0) is 50.0 Å². The highest BCUT2D eigenvalue weighted by atomic mass is 32.2. The largest absolute Gasteiger partial charge is 0.480 e. The van der Waals surface area contributed by atoms with E-state index in [1.54, 1.807) is 11.8 Å². The Morgan fingerprint density at radius 2 is 2.10 bits per heavy atom. The van der Waals surface area contributed by atoms with Crippen LogP contribution in [0.2, 0.25) is 0 Å². The van der Waals surface area contributed by atoms with Crippen molar-refractivity contribution in [1.82, 2.24) is 10.2 Å². The standard InChI is InChI=1S/C14H24N2O3S/c1-20-9-7-11(13(17)18)15-14(19)16-8-3-5-10-4-2-6-12(10)16/h10-12H,2-9H2,1H3,(H,15,19)(H,17,18)/t10?,11-,12?/m0/s1. The van der Waals surface area contributed by atoms with Crippen molar-refractivity contribution in [2.45, 2.75) is 50.6 Å². The second kappa shape index (κ2) is 7.20. The molecule has 0 aromatic heterocycles. The van der Waals surface area contributed by atoms with Crippen LogP contribution in [0.4, 0.5) is 4.79 Å². The SMILES string of the molecule is CSCC[C@H](NC(=O)N1CCCC2CCCC21)C(=O)O. The highest BCUT2D eigenvalue weighted by Crippen LogP contribution is 2.36. The molecule has 1 aliphatic heterocycles. The third-order valence-electron chi connectivity index (χ3n) is 4.46. The van der Waals surface area contributed by atoms with E-state index in [9.17, 15) is 14.7 Å². The number of rotatable bonds is 5. The number of carbonyl (C=O) groups is 2. The second-order valence-corrected chi connectivity index (χ2v) is 6.70. The molecule has 1 aliphatic carbocycles. The van der Waals surface area contributed by atoms with E-state index < -0.39 is 12.0 Å². The van der Waals surface area contributed by atoms with E-state index in [2.05, 4.69) is 5.32 Å². The smallest absolute Gasteiger partial charge is 0.326 e. The molecule has 0 bridgehead atoms. The van der Waals surface area contributed by atoms with Gasteiger partial charge in [-0.15, -0.1) is 0 Å². The number of nitrogens with one attached hydrogen (secondary N) is 1. The number of thioether (sulfide) groups is 1. The summed E-state index contributed by atoms with van der Waals surface area (Å²) < 4.78 is 0. The molecular weight excluding hydrogens is 276 g/mol. The van der Waals surface area contributed by atoms with E-state index in [1.165, 1.54) is 19.3 Å². The number of carboxylic acids is 1. The van der Waals surface area contributed by atoms with Crippen LogP contribution in [0.5, 0.6) is 0 Å². The van der Waals surface area contributed by atoms with E-state index in [-0.39, 0.29) is 6.03 Å². The van der Waals surface area contributed by atoms with Gasteiger partial charge in [0.25, 0.3) is 0 Å². The van der Waals surface area contributed by atoms with E-state index in [4.69, 9.17) is 0 Å². The van der Waals surface area contributed by atoms with Gasteiger partial charge in [-0.25, -0.2) is 9.59 Å². The zero-order chi connectivity index (χ0) is 14.5. The zero-order valence-corrected chi connectivity index (χ0v) is 12.8. The minimum Gasteiger partial charge on any atom is -0.480 e. The van der Waals surface area contributed by atoms with Gasteiger partial charge in [-0.1, -0.05) is 6.42 Å². The lowest BCUT2D eigenvalue weighted by molar-refractivity contribution is -0.139. The Bertz CT molecular complexity index is 364. The first-order chi connectivity index (χ1) is 9.63. The van der Waals surface area contributed by atoms with Gasteiger partial charge in [0, 0.05) is 12.6 Å². The molecule has 0 spiro atoms. The molecule has 6 heteroatoms. The lowest BCUT2D eigenvalue weighted by Gasteiger charge is -2.38. The summed E-state index contributed by atoms with van der Waals surface area (Å²) >= 11 is 1.60. The van der Waals surface area contributed by atoms with Gasteiger partial charge in [-0.2, -0.15) is 11.8 Å². The summed E-state index contributed by atoms with van der Waals surface area (Å²) in [6.45, 7) is 0.766. The predicted molar refractivity (Wildman–Crippen MR) is 80.0 cm³/mol. The number of likely N-dealkylation sites (tertiary alicyclic amines) is 1. The normalized spacial score (nSPS) is 26.9. The number of amides is 2. The molecule has 0 aromatic carbocycles. The fourth-order valence-corrected chi connectivity index (χ4v) is 3.90. The molecule has 114 valence electrons. The van der Waals surface area contributed by atoms with Crippen LogP contribution in [0.25, 0.3) is 0 Å². The van der Waals surface area contributed by atoms with Gasteiger partial charge < -0.3 is 15.3 Å². The first kappa shape index (κ1) is 15.5. The summed E-state index contributed by atoms with van der Waals surface area (Å²) in [5.41, 5.74) is 0.